The van der Waals surface area contributed by atoms with Crippen molar-refractivity contribution >= 4 is 11.9 Å². The number of aromatic amines is 1. The standard InChI is InChI=1S/C13H13N3O2/c17-10-6-12(18)16(8-10)13-14-7-11(15-13)9-4-2-1-3-5-9/h1-5,7,10,17H,6,8H2,(H,14,15). The molecule has 3 rings (SSSR count). The number of anilines is 1. The minimum Gasteiger partial charge on any atom is -0.391 e. The first-order valence-electron chi connectivity index (χ1n) is 5.83. The molecule has 2 heterocycles. The molecule has 1 aliphatic rings. The number of H-pyrrole nitrogens is 1. The van der Waals surface area contributed by atoms with Crippen molar-refractivity contribution in [2.24, 2.45) is 0 Å². The lowest BCUT2D eigenvalue weighted by atomic mass is 10.2. The van der Waals surface area contributed by atoms with E-state index in [-0.39, 0.29) is 12.3 Å². The van der Waals surface area contributed by atoms with E-state index in [2.05, 4.69) is 9.97 Å². The van der Waals surface area contributed by atoms with E-state index < -0.39 is 6.10 Å². The molecule has 5 heteroatoms. The number of imidazole rings is 1. The van der Waals surface area contributed by atoms with Crippen LogP contribution in [-0.2, 0) is 4.79 Å². The first-order valence-corrected chi connectivity index (χ1v) is 5.83. The van der Waals surface area contributed by atoms with Gasteiger partial charge in [-0.1, -0.05) is 30.3 Å². The van der Waals surface area contributed by atoms with Crippen molar-refractivity contribution < 1.29 is 9.90 Å². The first-order chi connectivity index (χ1) is 8.74. The monoisotopic (exact) mass is 243 g/mol. The number of nitrogens with zero attached hydrogens (tertiary/aromatic N) is 2. The summed E-state index contributed by atoms with van der Waals surface area (Å²) in [6.45, 7) is 0.306. The maximum Gasteiger partial charge on any atom is 0.232 e. The predicted octanol–water partition coefficient (Wildman–Crippen LogP) is 1.17. The summed E-state index contributed by atoms with van der Waals surface area (Å²) in [6, 6.07) is 9.78. The number of benzene rings is 1. The third kappa shape index (κ3) is 1.89. The molecule has 5 nitrogen and oxygen atoms in total. The molecule has 1 atom stereocenters. The molecule has 1 aromatic carbocycles. The van der Waals surface area contributed by atoms with E-state index in [1.807, 2.05) is 30.3 Å². The van der Waals surface area contributed by atoms with Gasteiger partial charge in [-0.05, 0) is 5.56 Å². The van der Waals surface area contributed by atoms with E-state index in [0.717, 1.165) is 11.3 Å². The fourth-order valence-corrected chi connectivity index (χ4v) is 2.11. The lowest BCUT2D eigenvalue weighted by Gasteiger charge is -2.11. The Morgan fingerprint density at radius 2 is 2.11 bits per heavy atom. The molecule has 0 bridgehead atoms. The maximum atomic E-state index is 11.6. The van der Waals surface area contributed by atoms with E-state index in [9.17, 15) is 9.90 Å². The lowest BCUT2D eigenvalue weighted by Crippen LogP contribution is -2.26. The largest absolute Gasteiger partial charge is 0.391 e. The molecule has 18 heavy (non-hydrogen) atoms. The Morgan fingerprint density at radius 3 is 2.78 bits per heavy atom. The topological polar surface area (TPSA) is 69.2 Å². The number of amides is 1. The number of hydrogen-bond donors (Lipinski definition) is 2. The normalized spacial score (nSPS) is 19.5. The van der Waals surface area contributed by atoms with E-state index in [4.69, 9.17) is 0 Å². The highest BCUT2D eigenvalue weighted by atomic mass is 16.3. The van der Waals surface area contributed by atoms with Crippen LogP contribution in [0.15, 0.2) is 36.5 Å². The highest BCUT2D eigenvalue weighted by molar-refractivity contribution is 5.94. The fourth-order valence-electron chi connectivity index (χ4n) is 2.11. The smallest absolute Gasteiger partial charge is 0.232 e. The van der Waals surface area contributed by atoms with Gasteiger partial charge in [0.1, 0.15) is 0 Å². The Morgan fingerprint density at radius 1 is 1.33 bits per heavy atom. The molecular weight excluding hydrogens is 230 g/mol. The highest BCUT2D eigenvalue weighted by Crippen LogP contribution is 2.23. The molecule has 2 N–H and O–H groups in total. The van der Waals surface area contributed by atoms with E-state index >= 15 is 0 Å². The zero-order valence-corrected chi connectivity index (χ0v) is 9.71. The molecule has 1 unspecified atom stereocenters. The summed E-state index contributed by atoms with van der Waals surface area (Å²) in [5.41, 5.74) is 1.88. The van der Waals surface area contributed by atoms with Crippen molar-refractivity contribution in [2.45, 2.75) is 12.5 Å². The summed E-state index contributed by atoms with van der Waals surface area (Å²) >= 11 is 0. The third-order valence-electron chi connectivity index (χ3n) is 3.01. The summed E-state index contributed by atoms with van der Waals surface area (Å²) in [7, 11) is 0. The van der Waals surface area contributed by atoms with Gasteiger partial charge in [0.25, 0.3) is 0 Å². The number of nitrogens with one attached hydrogen (secondary N) is 1. The summed E-state index contributed by atoms with van der Waals surface area (Å²) in [5, 5.41) is 9.45. The number of aliphatic hydroxyl groups is 1. The Kier molecular flexibility index (Phi) is 2.60. The Hall–Kier alpha value is -2.14. The van der Waals surface area contributed by atoms with Gasteiger partial charge in [0.2, 0.25) is 11.9 Å². The molecule has 1 aromatic heterocycles. The number of hydrogen-bond acceptors (Lipinski definition) is 3. The van der Waals surface area contributed by atoms with Crippen LogP contribution in [0.3, 0.4) is 0 Å². The molecule has 92 valence electrons. The van der Waals surface area contributed by atoms with Crippen LogP contribution in [0.25, 0.3) is 11.3 Å². The number of aliphatic hydroxyl groups excluding tert-OH is 1. The number of carbonyl (C=O) groups is 1. The summed E-state index contributed by atoms with van der Waals surface area (Å²) in [4.78, 5) is 20.4. The molecule has 0 radical (unpaired) electrons. The summed E-state index contributed by atoms with van der Waals surface area (Å²) in [5.74, 6) is 0.395. The van der Waals surface area contributed by atoms with E-state index in [1.54, 1.807) is 6.20 Å². The SMILES string of the molecule is O=C1CC(O)CN1c1ncc(-c2ccccc2)[nH]1. The highest BCUT2D eigenvalue weighted by Gasteiger charge is 2.30. The molecule has 0 spiro atoms. The lowest BCUT2D eigenvalue weighted by molar-refractivity contribution is -0.117. The Bertz CT molecular complexity index is 565. The molecule has 0 saturated carbocycles. The quantitative estimate of drug-likeness (QED) is 0.832. The number of carbonyl (C=O) groups excluding carboxylic acids is 1. The van der Waals surface area contributed by atoms with Gasteiger partial charge in [-0.3, -0.25) is 9.69 Å². The Balaban J connectivity index is 1.88. The molecule has 2 aromatic rings. The van der Waals surface area contributed by atoms with Gasteiger partial charge < -0.3 is 10.1 Å². The molecular formula is C13H13N3O2. The molecule has 1 fully saturated rings. The van der Waals surface area contributed by atoms with Crippen molar-refractivity contribution in [1.82, 2.24) is 9.97 Å². The van der Waals surface area contributed by atoms with Gasteiger partial charge >= 0.3 is 0 Å². The average Bonchev–Trinajstić information content (AvgIpc) is 2.97. The molecule has 1 saturated heterocycles. The van der Waals surface area contributed by atoms with Gasteiger partial charge in [-0.25, -0.2) is 4.98 Å². The van der Waals surface area contributed by atoms with Crippen molar-refractivity contribution in [1.29, 1.82) is 0 Å². The first kappa shape index (κ1) is 11.0. The van der Waals surface area contributed by atoms with Crippen LogP contribution in [0.4, 0.5) is 5.95 Å². The summed E-state index contributed by atoms with van der Waals surface area (Å²) < 4.78 is 0. The second kappa shape index (κ2) is 4.27. The fraction of sp³-hybridized carbons (Fsp3) is 0.231. The Labute approximate surface area is 104 Å². The summed E-state index contributed by atoms with van der Waals surface area (Å²) in [6.07, 6.45) is 1.27. The van der Waals surface area contributed by atoms with Gasteiger partial charge in [-0.2, -0.15) is 0 Å². The van der Waals surface area contributed by atoms with Crippen molar-refractivity contribution in [3.05, 3.63) is 36.5 Å². The number of rotatable bonds is 2. The van der Waals surface area contributed by atoms with Crippen molar-refractivity contribution in [2.75, 3.05) is 11.4 Å². The van der Waals surface area contributed by atoms with Crippen LogP contribution in [0, 0.1) is 0 Å². The van der Waals surface area contributed by atoms with Crippen LogP contribution in [0.5, 0.6) is 0 Å². The van der Waals surface area contributed by atoms with Crippen molar-refractivity contribution in [3.8, 4) is 11.3 Å². The van der Waals surface area contributed by atoms with E-state index in [0.29, 0.717) is 12.5 Å². The van der Waals surface area contributed by atoms with Gasteiger partial charge in [0.15, 0.2) is 0 Å². The predicted molar refractivity (Wildman–Crippen MR) is 67.0 cm³/mol. The van der Waals surface area contributed by atoms with Crippen LogP contribution in [0.1, 0.15) is 6.42 Å². The maximum absolute atomic E-state index is 11.6. The molecule has 0 aliphatic carbocycles. The van der Waals surface area contributed by atoms with Crippen LogP contribution in [0.2, 0.25) is 0 Å². The third-order valence-corrected chi connectivity index (χ3v) is 3.01. The number of aromatic nitrogens is 2. The minimum absolute atomic E-state index is 0.100. The minimum atomic E-state index is -0.595. The zero-order chi connectivity index (χ0) is 12.5. The number of β-amino-alcohol motifs (C(OH)–C–C–N with tert-alkyl or cyclic N) is 1. The average molecular weight is 243 g/mol. The van der Waals surface area contributed by atoms with Crippen LogP contribution < -0.4 is 4.90 Å². The second-order valence-electron chi connectivity index (χ2n) is 4.35. The van der Waals surface area contributed by atoms with Crippen LogP contribution >= 0.6 is 0 Å². The van der Waals surface area contributed by atoms with Gasteiger partial charge in [-0.15, -0.1) is 0 Å². The molecule has 1 amide bonds. The molecule has 1 aliphatic heterocycles. The zero-order valence-electron chi connectivity index (χ0n) is 9.71. The second-order valence-corrected chi connectivity index (χ2v) is 4.35. The van der Waals surface area contributed by atoms with Crippen LogP contribution in [-0.4, -0.2) is 33.6 Å². The van der Waals surface area contributed by atoms with Gasteiger partial charge in [0, 0.05) is 0 Å². The van der Waals surface area contributed by atoms with Gasteiger partial charge in [0.05, 0.1) is 31.0 Å². The van der Waals surface area contributed by atoms with Crippen molar-refractivity contribution in [3.63, 3.8) is 0 Å². The van der Waals surface area contributed by atoms with E-state index in [1.165, 1.54) is 4.90 Å².